The fraction of sp³-hybridized carbons (Fsp3) is 0.857. The van der Waals surface area contributed by atoms with Crippen molar-refractivity contribution in [2.24, 2.45) is 0 Å². The molecule has 0 aliphatic carbocycles. The molecular formula is C14H27N2O2V-. The number of ether oxygens (including phenoxy) is 1. The molecule has 0 aromatic heterocycles. The van der Waals surface area contributed by atoms with Crippen molar-refractivity contribution in [1.82, 2.24) is 9.80 Å². The van der Waals surface area contributed by atoms with Gasteiger partial charge in [0, 0.05) is 44.7 Å². The molecule has 0 bridgehead atoms. The molecule has 1 saturated heterocycles. The van der Waals surface area contributed by atoms with E-state index in [4.69, 9.17) is 4.74 Å². The second-order valence-electron chi connectivity index (χ2n) is 5.79. The van der Waals surface area contributed by atoms with Gasteiger partial charge in [0.1, 0.15) is 6.61 Å². The Bertz CT molecular complexity index is 275. The van der Waals surface area contributed by atoms with Crippen LogP contribution in [0, 0.1) is 6.92 Å². The quantitative estimate of drug-likeness (QED) is 0.723. The molecule has 1 aliphatic heterocycles. The molecule has 0 aromatic carbocycles. The molecule has 0 spiro atoms. The number of hydrogen-bond acceptors (Lipinski definition) is 3. The van der Waals surface area contributed by atoms with E-state index in [2.05, 4.69) is 25.7 Å². The number of carbonyl (C=O) groups is 1. The molecule has 0 unspecified atom stereocenters. The summed E-state index contributed by atoms with van der Waals surface area (Å²) in [6.45, 7) is 16.0. The third-order valence-electron chi connectivity index (χ3n) is 3.64. The first-order chi connectivity index (χ1) is 8.36. The van der Waals surface area contributed by atoms with Gasteiger partial charge >= 0.3 is 0 Å². The molecule has 1 heterocycles. The van der Waals surface area contributed by atoms with Gasteiger partial charge in [0.15, 0.2) is 0 Å². The van der Waals surface area contributed by atoms with E-state index >= 15 is 0 Å². The number of hydrogen-bond donors (Lipinski definition) is 0. The zero-order chi connectivity index (χ0) is 13.8. The van der Waals surface area contributed by atoms with E-state index in [1.807, 2.05) is 18.7 Å². The Balaban J connectivity index is 0.00000324. The predicted octanol–water partition coefficient (Wildman–Crippen LogP) is 1.56. The number of piperazine rings is 1. The van der Waals surface area contributed by atoms with Gasteiger partial charge in [-0.2, -0.15) is 6.42 Å². The summed E-state index contributed by atoms with van der Waals surface area (Å²) in [5, 5.41) is 0. The minimum Gasteiger partial charge on any atom is -0.369 e. The molecule has 0 saturated carbocycles. The summed E-state index contributed by atoms with van der Waals surface area (Å²) in [6, 6.07) is 0. The number of carbonyl (C=O) groups excluding carboxylic acids is 1. The van der Waals surface area contributed by atoms with Crippen molar-refractivity contribution >= 4 is 5.91 Å². The van der Waals surface area contributed by atoms with Gasteiger partial charge < -0.3 is 16.6 Å². The van der Waals surface area contributed by atoms with Gasteiger partial charge in [-0.05, 0) is 33.2 Å². The van der Waals surface area contributed by atoms with E-state index in [0.717, 1.165) is 32.6 Å². The fourth-order valence-corrected chi connectivity index (χ4v) is 2.05. The molecule has 0 aromatic rings. The van der Waals surface area contributed by atoms with E-state index < -0.39 is 0 Å². The van der Waals surface area contributed by atoms with Gasteiger partial charge in [-0.25, -0.2) is 0 Å². The number of rotatable bonds is 5. The Kier molecular flexibility index (Phi) is 8.29. The van der Waals surface area contributed by atoms with Crippen LogP contribution in [-0.2, 0) is 28.1 Å². The first-order valence-electron chi connectivity index (χ1n) is 6.80. The van der Waals surface area contributed by atoms with Crippen LogP contribution in [0.3, 0.4) is 0 Å². The van der Waals surface area contributed by atoms with Crippen molar-refractivity contribution < 1.29 is 28.1 Å². The topological polar surface area (TPSA) is 32.8 Å². The molecule has 111 valence electrons. The predicted molar refractivity (Wildman–Crippen MR) is 73.3 cm³/mol. The van der Waals surface area contributed by atoms with Crippen LogP contribution in [0.25, 0.3) is 0 Å². The Morgan fingerprint density at radius 2 is 1.79 bits per heavy atom. The minimum absolute atomic E-state index is 0. The van der Waals surface area contributed by atoms with Crippen molar-refractivity contribution in [1.29, 1.82) is 0 Å². The number of amides is 1. The van der Waals surface area contributed by atoms with Gasteiger partial charge in [0.05, 0.1) is 6.10 Å². The molecule has 19 heavy (non-hydrogen) atoms. The third kappa shape index (κ3) is 5.86. The van der Waals surface area contributed by atoms with Crippen LogP contribution in [0.5, 0.6) is 0 Å². The summed E-state index contributed by atoms with van der Waals surface area (Å²) in [5.74, 6) is 0.107. The molecular weight excluding hydrogens is 279 g/mol. The maximum absolute atomic E-state index is 11.9. The van der Waals surface area contributed by atoms with Crippen LogP contribution < -0.4 is 0 Å². The van der Waals surface area contributed by atoms with E-state index in [-0.39, 0.29) is 42.7 Å². The van der Waals surface area contributed by atoms with Crippen molar-refractivity contribution in [3.05, 3.63) is 6.92 Å². The van der Waals surface area contributed by atoms with Crippen molar-refractivity contribution in [2.45, 2.75) is 45.8 Å². The van der Waals surface area contributed by atoms with Crippen LogP contribution in [0.15, 0.2) is 0 Å². The van der Waals surface area contributed by atoms with Gasteiger partial charge in [-0.3, -0.25) is 9.69 Å². The number of nitrogens with zero attached hydrogens (tertiary/aromatic N) is 2. The SMILES string of the molecule is [CH2-]CC(C)(C)N1CCN(C(=O)COC(C)C)CC1.[V]. The van der Waals surface area contributed by atoms with Crippen LogP contribution in [0.4, 0.5) is 0 Å². The molecule has 1 rings (SSSR count). The van der Waals surface area contributed by atoms with E-state index in [1.165, 1.54) is 0 Å². The normalized spacial score (nSPS) is 17.5. The Labute approximate surface area is 129 Å². The molecule has 5 heteroatoms. The second-order valence-corrected chi connectivity index (χ2v) is 5.79. The van der Waals surface area contributed by atoms with Gasteiger partial charge in [0.2, 0.25) is 5.91 Å². The summed E-state index contributed by atoms with van der Waals surface area (Å²) in [6.07, 6.45) is 0.998. The van der Waals surface area contributed by atoms with Crippen LogP contribution >= 0.6 is 0 Å². The maximum atomic E-state index is 11.9. The van der Waals surface area contributed by atoms with Crippen molar-refractivity contribution in [3.63, 3.8) is 0 Å². The third-order valence-corrected chi connectivity index (χ3v) is 3.64. The van der Waals surface area contributed by atoms with E-state index in [1.54, 1.807) is 0 Å². The first-order valence-corrected chi connectivity index (χ1v) is 6.80. The van der Waals surface area contributed by atoms with E-state index in [0.29, 0.717) is 0 Å². The average Bonchev–Trinajstić information content (AvgIpc) is 2.36. The summed E-state index contributed by atoms with van der Waals surface area (Å²) < 4.78 is 5.36. The van der Waals surface area contributed by atoms with Gasteiger partial charge in [-0.15, -0.1) is 0 Å². The monoisotopic (exact) mass is 306 g/mol. The summed E-state index contributed by atoms with van der Waals surface area (Å²) in [4.78, 5) is 16.2. The smallest absolute Gasteiger partial charge is 0.248 e. The molecule has 1 amide bonds. The molecule has 4 nitrogen and oxygen atoms in total. The molecule has 1 aliphatic rings. The summed E-state index contributed by atoms with van der Waals surface area (Å²) >= 11 is 0. The molecule has 1 fully saturated rings. The first kappa shape index (κ1) is 19.0. The Hall–Kier alpha value is -0.0256. The largest absolute Gasteiger partial charge is 0.369 e. The Morgan fingerprint density at radius 3 is 2.21 bits per heavy atom. The second kappa shape index (κ2) is 8.30. The average molecular weight is 306 g/mol. The maximum Gasteiger partial charge on any atom is 0.248 e. The zero-order valence-corrected chi connectivity index (χ0v) is 14.1. The minimum atomic E-state index is 0. The van der Waals surface area contributed by atoms with Crippen LogP contribution in [0.2, 0.25) is 0 Å². The summed E-state index contributed by atoms with van der Waals surface area (Å²) in [7, 11) is 0. The van der Waals surface area contributed by atoms with Crippen LogP contribution in [-0.4, -0.2) is 60.1 Å². The van der Waals surface area contributed by atoms with Gasteiger partial charge in [0.25, 0.3) is 0 Å². The Morgan fingerprint density at radius 1 is 1.26 bits per heavy atom. The molecule has 0 N–H and O–H groups in total. The fourth-order valence-electron chi connectivity index (χ4n) is 2.05. The van der Waals surface area contributed by atoms with Crippen LogP contribution in [0.1, 0.15) is 34.1 Å². The van der Waals surface area contributed by atoms with E-state index in [9.17, 15) is 4.79 Å². The standard InChI is InChI=1S/C14H27N2O2.V/c1-6-14(4,5)16-9-7-15(8-10-16)13(17)11-18-12(2)3;/h12H,1,6-11H2,2-5H3;/q-1;. The van der Waals surface area contributed by atoms with Gasteiger partial charge in [-0.1, -0.05) is 0 Å². The van der Waals surface area contributed by atoms with Crippen molar-refractivity contribution in [3.8, 4) is 0 Å². The molecule has 1 radical (unpaired) electrons. The summed E-state index contributed by atoms with van der Waals surface area (Å²) in [5.41, 5.74) is 0.129. The van der Waals surface area contributed by atoms with Crippen molar-refractivity contribution in [2.75, 3.05) is 32.8 Å². The zero-order valence-electron chi connectivity index (χ0n) is 12.7. The molecule has 0 atom stereocenters.